The lowest BCUT2D eigenvalue weighted by Crippen LogP contribution is -2.64. The number of esters is 2. The molecule has 59 heavy (non-hydrogen) atoms. The number of carbonyl (C=O) groups is 2. The van der Waals surface area contributed by atoms with Crippen molar-refractivity contribution in [3.05, 3.63) is 36.5 Å². The first-order valence-corrected chi connectivity index (χ1v) is 24.3. The van der Waals surface area contributed by atoms with Crippen molar-refractivity contribution in [1.82, 2.24) is 0 Å². The Labute approximate surface area is 355 Å². The Morgan fingerprint density at radius 2 is 0.932 bits per heavy atom. The van der Waals surface area contributed by atoms with Crippen LogP contribution in [0.15, 0.2) is 36.5 Å². The topological polar surface area (TPSA) is 210 Å². The molecule has 13 nitrogen and oxygen atoms in total. The third-order valence-electron chi connectivity index (χ3n) is 10.5. The lowest BCUT2D eigenvalue weighted by molar-refractivity contribution is -0.220. The van der Waals surface area contributed by atoms with E-state index < -0.39 is 75.7 Å². The summed E-state index contributed by atoms with van der Waals surface area (Å²) in [5.41, 5.74) is 0. The van der Waals surface area contributed by atoms with E-state index in [2.05, 4.69) is 38.2 Å². The van der Waals surface area contributed by atoms with Gasteiger partial charge in [-0.25, -0.2) is 4.57 Å². The van der Waals surface area contributed by atoms with Gasteiger partial charge in [0, 0.05) is 12.8 Å². The molecule has 6 N–H and O–H groups in total. The first kappa shape index (κ1) is 55.1. The molecule has 0 aromatic carbocycles. The van der Waals surface area contributed by atoms with Gasteiger partial charge >= 0.3 is 19.8 Å². The average molecular weight is 861 g/mol. The minimum Gasteiger partial charge on any atom is -0.462 e. The van der Waals surface area contributed by atoms with Crippen LogP contribution < -0.4 is 0 Å². The van der Waals surface area contributed by atoms with Gasteiger partial charge < -0.3 is 39.9 Å². The van der Waals surface area contributed by atoms with E-state index in [1.807, 2.05) is 12.2 Å². The molecule has 1 aliphatic carbocycles. The Morgan fingerprint density at radius 1 is 0.525 bits per heavy atom. The number of rotatable bonds is 37. The Bertz CT molecular complexity index is 1180. The molecule has 0 aliphatic heterocycles. The zero-order valence-electron chi connectivity index (χ0n) is 36.3. The lowest BCUT2D eigenvalue weighted by Gasteiger charge is -2.41. The highest BCUT2D eigenvalue weighted by atomic mass is 31.2. The van der Waals surface area contributed by atoms with Gasteiger partial charge in [-0.3, -0.25) is 18.6 Å². The normalized spacial score (nSPS) is 22.6. The smallest absolute Gasteiger partial charge is 0.462 e. The number of aliphatic hydroxyl groups excluding tert-OH is 5. The summed E-state index contributed by atoms with van der Waals surface area (Å²) in [6.45, 7) is 3.24. The van der Waals surface area contributed by atoms with Gasteiger partial charge in [-0.1, -0.05) is 159 Å². The van der Waals surface area contributed by atoms with Gasteiger partial charge in [0.05, 0.1) is 6.61 Å². The van der Waals surface area contributed by atoms with Gasteiger partial charge in [0.1, 0.15) is 43.2 Å². The van der Waals surface area contributed by atoms with Crippen LogP contribution in [0.5, 0.6) is 0 Å². The fraction of sp³-hybridized carbons (Fsp3) is 0.822. The molecular formula is C45H81O13P. The van der Waals surface area contributed by atoms with Crippen LogP contribution in [0.3, 0.4) is 0 Å². The number of phosphoric acid groups is 1. The molecule has 344 valence electrons. The summed E-state index contributed by atoms with van der Waals surface area (Å²) in [7, 11) is -5.12. The van der Waals surface area contributed by atoms with Crippen LogP contribution in [0, 0.1) is 0 Å². The molecule has 1 aliphatic rings. The first-order chi connectivity index (χ1) is 28.4. The molecule has 6 unspecified atom stereocenters. The van der Waals surface area contributed by atoms with E-state index >= 15 is 0 Å². The highest BCUT2D eigenvalue weighted by Gasteiger charge is 2.51. The number of allylic oxidation sites excluding steroid dienone is 6. The van der Waals surface area contributed by atoms with Crippen molar-refractivity contribution in [2.24, 2.45) is 0 Å². The fourth-order valence-corrected chi connectivity index (χ4v) is 7.75. The van der Waals surface area contributed by atoms with Crippen molar-refractivity contribution in [2.45, 2.75) is 224 Å². The molecule has 0 aromatic heterocycles. The second-order valence-corrected chi connectivity index (χ2v) is 17.3. The van der Waals surface area contributed by atoms with Crippen molar-refractivity contribution in [2.75, 3.05) is 13.2 Å². The van der Waals surface area contributed by atoms with Gasteiger partial charge in [0.15, 0.2) is 6.10 Å². The maximum atomic E-state index is 12.8. The van der Waals surface area contributed by atoms with Gasteiger partial charge in [0.25, 0.3) is 0 Å². The molecule has 1 fully saturated rings. The second-order valence-electron chi connectivity index (χ2n) is 15.9. The zero-order chi connectivity index (χ0) is 43.6. The van der Waals surface area contributed by atoms with Crippen molar-refractivity contribution in [3.63, 3.8) is 0 Å². The number of aliphatic hydroxyl groups is 5. The van der Waals surface area contributed by atoms with Crippen LogP contribution in [0.1, 0.15) is 181 Å². The molecule has 1 saturated carbocycles. The monoisotopic (exact) mass is 861 g/mol. The summed E-state index contributed by atoms with van der Waals surface area (Å²) in [5, 5.41) is 50.1. The standard InChI is InChI=1S/C45H81O13P/c1-3-5-7-9-11-13-15-17-18-19-20-22-23-25-27-29-31-33-38(46)55-35-37(36-56-59(53,54)58-45-43(51)41(49)40(48)42(50)44(45)52)57-39(47)34-32-30-28-26-24-21-16-14-12-10-8-6-4-2/h17-18,20,22,25,27,37,40-45,48-52H,3-16,19,21,23-24,26,28-36H2,1-2H3,(H,53,54)/b18-17+,22-20+,27-25+/t37-,40?,41-,42?,43?,44?,45?/m0/s1. The van der Waals surface area contributed by atoms with E-state index in [1.165, 1.54) is 89.9 Å². The maximum absolute atomic E-state index is 12.8. The number of phosphoric ester groups is 1. The molecule has 0 radical (unpaired) electrons. The summed E-state index contributed by atoms with van der Waals surface area (Å²) in [6.07, 6.45) is 26.4. The lowest BCUT2D eigenvalue weighted by atomic mass is 9.85. The first-order valence-electron chi connectivity index (χ1n) is 22.8. The number of hydrogen-bond donors (Lipinski definition) is 6. The highest BCUT2D eigenvalue weighted by Crippen LogP contribution is 2.47. The van der Waals surface area contributed by atoms with E-state index in [4.69, 9.17) is 18.5 Å². The maximum Gasteiger partial charge on any atom is 0.472 e. The molecule has 1 rings (SSSR count). The molecule has 8 atom stereocenters. The Hall–Kier alpha value is -1.93. The van der Waals surface area contributed by atoms with E-state index in [9.17, 15) is 44.6 Å². The van der Waals surface area contributed by atoms with Gasteiger partial charge in [-0.15, -0.1) is 0 Å². The second kappa shape index (κ2) is 35.6. The van der Waals surface area contributed by atoms with Crippen LogP contribution in [0.4, 0.5) is 0 Å². The zero-order valence-corrected chi connectivity index (χ0v) is 37.2. The Balaban J connectivity index is 2.50. The third kappa shape index (κ3) is 28.3. The minimum atomic E-state index is -5.12. The van der Waals surface area contributed by atoms with Crippen molar-refractivity contribution in [3.8, 4) is 0 Å². The van der Waals surface area contributed by atoms with Gasteiger partial charge in [-0.2, -0.15) is 0 Å². The van der Waals surface area contributed by atoms with E-state index in [1.54, 1.807) is 0 Å². The number of unbranched alkanes of at least 4 members (excludes halogenated alkanes) is 19. The fourth-order valence-electron chi connectivity index (χ4n) is 6.77. The molecule has 0 aromatic rings. The third-order valence-corrected chi connectivity index (χ3v) is 11.5. The summed E-state index contributed by atoms with van der Waals surface area (Å²) >= 11 is 0. The summed E-state index contributed by atoms with van der Waals surface area (Å²) in [5.74, 6) is -1.16. The van der Waals surface area contributed by atoms with E-state index in [0.717, 1.165) is 44.9 Å². The van der Waals surface area contributed by atoms with E-state index in [0.29, 0.717) is 19.3 Å². The molecular weight excluding hydrogens is 779 g/mol. The predicted octanol–water partition coefficient (Wildman–Crippen LogP) is 8.61. The molecule has 0 spiro atoms. The number of hydrogen-bond acceptors (Lipinski definition) is 12. The molecule has 0 heterocycles. The summed E-state index contributed by atoms with van der Waals surface area (Å²) < 4.78 is 33.4. The summed E-state index contributed by atoms with van der Waals surface area (Å²) in [4.78, 5) is 35.6. The largest absolute Gasteiger partial charge is 0.472 e. The quantitative estimate of drug-likeness (QED) is 0.0150. The number of carbonyl (C=O) groups excluding carboxylic acids is 2. The van der Waals surface area contributed by atoms with Gasteiger partial charge in [-0.05, 0) is 44.9 Å². The van der Waals surface area contributed by atoms with E-state index in [-0.39, 0.29) is 12.8 Å². The predicted molar refractivity (Wildman–Crippen MR) is 230 cm³/mol. The molecule has 0 bridgehead atoms. The van der Waals surface area contributed by atoms with Crippen LogP contribution >= 0.6 is 7.82 Å². The van der Waals surface area contributed by atoms with Crippen molar-refractivity contribution < 1.29 is 63.1 Å². The Morgan fingerprint density at radius 3 is 1.44 bits per heavy atom. The Kier molecular flexibility index (Phi) is 33.3. The SMILES string of the molecule is CCCCCCCC/C=C/C/C=C/C/C=C/CCCC(=O)OC[C@@H](COP(=O)(O)OC1C(O)C(O)C(O)[C@H](O)C1O)OC(=O)CCCCCCCCCCCCCCC. The van der Waals surface area contributed by atoms with Gasteiger partial charge in [0.2, 0.25) is 0 Å². The molecule has 0 saturated heterocycles. The minimum absolute atomic E-state index is 0.0888. The van der Waals surface area contributed by atoms with Crippen LogP contribution in [-0.4, -0.2) is 98.3 Å². The van der Waals surface area contributed by atoms with Crippen LogP contribution in [-0.2, 0) is 32.7 Å². The van der Waals surface area contributed by atoms with Crippen molar-refractivity contribution >= 4 is 19.8 Å². The highest BCUT2D eigenvalue weighted by molar-refractivity contribution is 7.47. The van der Waals surface area contributed by atoms with Crippen LogP contribution in [0.2, 0.25) is 0 Å². The number of ether oxygens (including phenoxy) is 2. The van der Waals surface area contributed by atoms with Crippen molar-refractivity contribution in [1.29, 1.82) is 0 Å². The molecule has 14 heteroatoms. The summed E-state index contributed by atoms with van der Waals surface area (Å²) in [6, 6.07) is 0. The average Bonchev–Trinajstić information content (AvgIpc) is 3.21. The molecule has 0 amide bonds. The van der Waals surface area contributed by atoms with Crippen LogP contribution in [0.25, 0.3) is 0 Å².